The Kier molecular flexibility index (Phi) is 1.81. The Morgan fingerprint density at radius 3 is 2.67 bits per heavy atom. The highest BCUT2D eigenvalue weighted by Crippen LogP contribution is 1.95. The second-order valence-corrected chi connectivity index (χ2v) is 2.01. The third-order valence-electron chi connectivity index (χ3n) is 1.29. The fourth-order valence-electron chi connectivity index (χ4n) is 0.758. The molecule has 0 aliphatic carbocycles. The van der Waals surface area contributed by atoms with Crippen LogP contribution in [-0.4, -0.2) is 31.9 Å². The molecule has 66 valence electrons. The topological polar surface area (TPSA) is 98.5 Å². The fraction of sp³-hybridized carbons (Fsp3) is 0.500. The zero-order valence-corrected chi connectivity index (χ0v) is 6.50. The van der Waals surface area contributed by atoms with Crippen LogP contribution >= 0.6 is 0 Å². The average Bonchev–Trinajstić information content (AvgIpc) is 2.29. The summed E-state index contributed by atoms with van der Waals surface area (Å²) >= 11 is 0. The Morgan fingerprint density at radius 2 is 2.33 bits per heavy atom. The smallest absolute Gasteiger partial charge is 0.409 e. The van der Waals surface area contributed by atoms with Gasteiger partial charge in [-0.25, -0.2) is 0 Å². The summed E-state index contributed by atoms with van der Waals surface area (Å²) in [6.07, 6.45) is 0. The summed E-state index contributed by atoms with van der Waals surface area (Å²) < 4.78 is 0. The molecule has 0 aliphatic heterocycles. The Bertz CT molecular complexity index is 375. The minimum absolute atomic E-state index is 0.178. The monoisotopic (exact) mass is 173 g/mol. The van der Waals surface area contributed by atoms with Gasteiger partial charge in [0.1, 0.15) is 0 Å². The van der Waals surface area contributed by atoms with Gasteiger partial charge in [-0.3, -0.25) is 4.99 Å². The molecule has 0 bridgehead atoms. The molecule has 0 aliphatic rings. The maximum Gasteiger partial charge on any atom is 0.438 e. The second kappa shape index (κ2) is 2.64. The summed E-state index contributed by atoms with van der Waals surface area (Å²) in [7, 11) is 2.69. The Balaban J connectivity index is 3.51. The largest absolute Gasteiger partial charge is 0.438 e. The Morgan fingerprint density at radius 1 is 1.75 bits per heavy atom. The summed E-state index contributed by atoms with van der Waals surface area (Å²) in [4.78, 5) is 14.5. The predicted molar refractivity (Wildman–Crippen MR) is 36.5 cm³/mol. The third kappa shape index (κ3) is 1.02. The summed E-state index contributed by atoms with van der Waals surface area (Å²) in [6, 6.07) is 0. The highest BCUT2D eigenvalue weighted by molar-refractivity contribution is 5.08. The summed E-state index contributed by atoms with van der Waals surface area (Å²) in [5.74, 6) is -0.470. The van der Waals surface area contributed by atoms with E-state index in [4.69, 9.17) is 5.21 Å². The van der Waals surface area contributed by atoms with Gasteiger partial charge >= 0.3 is 5.82 Å². The SMILES string of the molecule is CN=c1c([N+](=O)[O-])nn(C)n1O. The van der Waals surface area contributed by atoms with Gasteiger partial charge in [0.2, 0.25) is 0 Å². The Labute approximate surface area is 66.5 Å². The minimum Gasteiger partial charge on any atom is -0.409 e. The van der Waals surface area contributed by atoms with Crippen LogP contribution in [0, 0.1) is 10.1 Å². The van der Waals surface area contributed by atoms with Gasteiger partial charge in [0.05, 0.1) is 12.1 Å². The molecule has 0 fully saturated rings. The van der Waals surface area contributed by atoms with E-state index in [1.54, 1.807) is 0 Å². The van der Waals surface area contributed by atoms with Gasteiger partial charge in [-0.05, 0) is 4.92 Å². The molecule has 1 aromatic rings. The zero-order valence-electron chi connectivity index (χ0n) is 6.50. The van der Waals surface area contributed by atoms with Gasteiger partial charge in [0, 0.05) is 7.05 Å². The van der Waals surface area contributed by atoms with Crippen LogP contribution in [0.3, 0.4) is 0 Å². The number of hydrogen-bond acceptors (Lipinski definition) is 5. The summed E-state index contributed by atoms with van der Waals surface area (Å²) in [5.41, 5.74) is -0.178. The summed E-state index contributed by atoms with van der Waals surface area (Å²) in [6.45, 7) is 0. The van der Waals surface area contributed by atoms with Gasteiger partial charge in [-0.15, -0.1) is 0 Å². The molecule has 0 saturated carbocycles. The van der Waals surface area contributed by atoms with E-state index in [1.165, 1.54) is 14.1 Å². The van der Waals surface area contributed by atoms with Gasteiger partial charge in [-0.1, -0.05) is 9.64 Å². The third-order valence-corrected chi connectivity index (χ3v) is 1.29. The highest BCUT2D eigenvalue weighted by Gasteiger charge is 2.19. The van der Waals surface area contributed by atoms with Crippen LogP contribution in [0.5, 0.6) is 0 Å². The van der Waals surface area contributed by atoms with Crippen molar-refractivity contribution in [2.75, 3.05) is 7.05 Å². The molecule has 8 nitrogen and oxygen atoms in total. The fourth-order valence-corrected chi connectivity index (χ4v) is 0.758. The molecule has 0 saturated heterocycles. The van der Waals surface area contributed by atoms with Crippen molar-refractivity contribution in [2.45, 2.75) is 0 Å². The molecule has 0 radical (unpaired) electrons. The molecular weight excluding hydrogens is 166 g/mol. The first-order valence-electron chi connectivity index (χ1n) is 3.00. The lowest BCUT2D eigenvalue weighted by molar-refractivity contribution is -0.391. The first-order chi connectivity index (χ1) is 5.57. The quantitative estimate of drug-likeness (QED) is 0.331. The van der Waals surface area contributed by atoms with Crippen LogP contribution < -0.4 is 5.49 Å². The molecule has 8 heteroatoms. The van der Waals surface area contributed by atoms with Gasteiger partial charge in [0.25, 0.3) is 5.49 Å². The van der Waals surface area contributed by atoms with Crippen LogP contribution in [0.2, 0.25) is 0 Å². The molecule has 0 spiro atoms. The van der Waals surface area contributed by atoms with Crippen molar-refractivity contribution in [3.63, 3.8) is 0 Å². The second-order valence-electron chi connectivity index (χ2n) is 2.01. The average molecular weight is 173 g/mol. The minimum atomic E-state index is -0.713. The first-order valence-corrected chi connectivity index (χ1v) is 3.00. The molecule has 0 aromatic carbocycles. The zero-order chi connectivity index (χ0) is 9.30. The maximum absolute atomic E-state index is 10.3. The molecule has 1 rings (SSSR count). The van der Waals surface area contributed by atoms with E-state index in [1.807, 2.05) is 0 Å². The number of rotatable bonds is 1. The van der Waals surface area contributed by atoms with E-state index in [0.717, 1.165) is 4.80 Å². The molecule has 12 heavy (non-hydrogen) atoms. The molecule has 1 aromatic heterocycles. The number of aromatic nitrogens is 3. The molecular formula is C4H7N5O3. The van der Waals surface area contributed by atoms with E-state index in [9.17, 15) is 10.1 Å². The highest BCUT2D eigenvalue weighted by atomic mass is 16.6. The van der Waals surface area contributed by atoms with Gasteiger partial charge < -0.3 is 15.3 Å². The normalized spacial score (nSPS) is 12.0. The van der Waals surface area contributed by atoms with Crippen LogP contribution in [0.4, 0.5) is 5.82 Å². The van der Waals surface area contributed by atoms with Crippen molar-refractivity contribution in [3.05, 3.63) is 15.6 Å². The number of nitro groups is 1. The van der Waals surface area contributed by atoms with Crippen molar-refractivity contribution in [1.82, 2.24) is 14.7 Å². The molecule has 1 N–H and O–H groups in total. The van der Waals surface area contributed by atoms with Crippen molar-refractivity contribution in [2.24, 2.45) is 12.0 Å². The maximum atomic E-state index is 10.3. The molecule has 0 atom stereocenters. The molecule has 0 unspecified atom stereocenters. The molecule has 0 amide bonds. The number of aryl methyl sites for hydroxylation is 1. The number of hydrogen-bond donors (Lipinski definition) is 1. The van der Waals surface area contributed by atoms with Crippen molar-refractivity contribution >= 4 is 5.82 Å². The lowest BCUT2D eigenvalue weighted by atomic mass is 10.7. The van der Waals surface area contributed by atoms with E-state index in [2.05, 4.69) is 10.1 Å². The van der Waals surface area contributed by atoms with Crippen molar-refractivity contribution in [3.8, 4) is 0 Å². The predicted octanol–water partition coefficient (Wildman–Crippen LogP) is -1.10. The lowest BCUT2D eigenvalue weighted by Crippen LogP contribution is -2.21. The van der Waals surface area contributed by atoms with Crippen LogP contribution in [-0.2, 0) is 7.05 Å². The van der Waals surface area contributed by atoms with E-state index in [-0.39, 0.29) is 5.49 Å². The lowest BCUT2D eigenvalue weighted by Gasteiger charge is -1.87. The van der Waals surface area contributed by atoms with E-state index in [0.29, 0.717) is 4.85 Å². The standard InChI is InChI=1S/C4H7N5O3/c1-5-3-4(9(11)12)6-7(2)8(3)10/h10H,1-2H3. The van der Waals surface area contributed by atoms with Gasteiger partial charge in [0.15, 0.2) is 0 Å². The first kappa shape index (κ1) is 8.24. The van der Waals surface area contributed by atoms with Gasteiger partial charge in [-0.2, -0.15) is 0 Å². The van der Waals surface area contributed by atoms with Crippen molar-refractivity contribution in [1.29, 1.82) is 0 Å². The Hall–Kier alpha value is -1.86. The van der Waals surface area contributed by atoms with Crippen molar-refractivity contribution < 1.29 is 10.1 Å². The molecule has 1 heterocycles. The van der Waals surface area contributed by atoms with Crippen LogP contribution in [0.15, 0.2) is 4.99 Å². The van der Waals surface area contributed by atoms with Crippen LogP contribution in [0.25, 0.3) is 0 Å². The number of nitrogens with zero attached hydrogens (tertiary/aromatic N) is 5. The van der Waals surface area contributed by atoms with Crippen LogP contribution in [0.1, 0.15) is 0 Å². The summed E-state index contributed by atoms with van der Waals surface area (Å²) in [5, 5.41) is 22.8. The van der Waals surface area contributed by atoms with E-state index < -0.39 is 10.7 Å². The van der Waals surface area contributed by atoms with E-state index >= 15 is 0 Å².